The van der Waals surface area contributed by atoms with E-state index in [1.165, 1.54) is 0 Å². The minimum Gasteiger partial charge on any atom is -0.396 e. The van der Waals surface area contributed by atoms with Gasteiger partial charge in [-0.15, -0.1) is 0 Å². The second-order valence-corrected chi connectivity index (χ2v) is 4.06. The SMILES string of the molecule is CN(CC1(CO)COC1)c1ccc[nH]1. The van der Waals surface area contributed by atoms with E-state index >= 15 is 0 Å². The summed E-state index contributed by atoms with van der Waals surface area (Å²) in [5.74, 6) is 1.07. The molecule has 1 aliphatic heterocycles. The molecule has 0 unspecified atom stereocenters. The van der Waals surface area contributed by atoms with Crippen molar-refractivity contribution >= 4 is 5.82 Å². The number of aromatic nitrogens is 1. The third-order valence-electron chi connectivity index (χ3n) is 2.72. The molecule has 0 atom stereocenters. The third-order valence-corrected chi connectivity index (χ3v) is 2.72. The van der Waals surface area contributed by atoms with E-state index in [9.17, 15) is 5.11 Å². The summed E-state index contributed by atoms with van der Waals surface area (Å²) < 4.78 is 5.15. The van der Waals surface area contributed by atoms with Gasteiger partial charge in [0.1, 0.15) is 5.82 Å². The van der Waals surface area contributed by atoms with Crippen molar-refractivity contribution in [2.75, 3.05) is 38.3 Å². The Morgan fingerprint density at radius 1 is 1.64 bits per heavy atom. The number of aliphatic hydroxyl groups is 1. The van der Waals surface area contributed by atoms with Gasteiger partial charge in [-0.05, 0) is 12.1 Å². The molecule has 2 N–H and O–H groups in total. The monoisotopic (exact) mass is 196 g/mol. The predicted molar refractivity (Wildman–Crippen MR) is 54.4 cm³/mol. The highest BCUT2D eigenvalue weighted by atomic mass is 16.5. The number of aromatic amines is 1. The molecule has 1 saturated heterocycles. The van der Waals surface area contributed by atoms with Crippen LogP contribution in [0.2, 0.25) is 0 Å². The lowest BCUT2D eigenvalue weighted by atomic mass is 9.86. The van der Waals surface area contributed by atoms with E-state index in [4.69, 9.17) is 4.74 Å². The molecule has 0 spiro atoms. The number of ether oxygens (including phenoxy) is 1. The Morgan fingerprint density at radius 3 is 2.86 bits per heavy atom. The lowest BCUT2D eigenvalue weighted by Gasteiger charge is -2.42. The van der Waals surface area contributed by atoms with E-state index in [-0.39, 0.29) is 12.0 Å². The van der Waals surface area contributed by atoms with E-state index in [1.807, 2.05) is 25.4 Å². The van der Waals surface area contributed by atoms with Gasteiger partial charge in [0.25, 0.3) is 0 Å². The van der Waals surface area contributed by atoms with Gasteiger partial charge in [0, 0.05) is 19.8 Å². The molecule has 0 amide bonds. The van der Waals surface area contributed by atoms with Crippen LogP contribution in [0, 0.1) is 5.41 Å². The average molecular weight is 196 g/mol. The number of anilines is 1. The topological polar surface area (TPSA) is 48.5 Å². The fourth-order valence-corrected chi connectivity index (χ4v) is 1.77. The van der Waals surface area contributed by atoms with Crippen LogP contribution >= 0.6 is 0 Å². The minimum atomic E-state index is -0.0557. The Kier molecular flexibility index (Phi) is 2.48. The normalized spacial score (nSPS) is 19.0. The van der Waals surface area contributed by atoms with Gasteiger partial charge in [-0.2, -0.15) is 0 Å². The maximum absolute atomic E-state index is 9.27. The highest BCUT2D eigenvalue weighted by molar-refractivity contribution is 5.37. The average Bonchev–Trinajstić information content (AvgIpc) is 2.63. The summed E-state index contributed by atoms with van der Waals surface area (Å²) >= 11 is 0. The second kappa shape index (κ2) is 3.63. The summed E-state index contributed by atoms with van der Waals surface area (Å²) in [5, 5.41) is 9.27. The fourth-order valence-electron chi connectivity index (χ4n) is 1.77. The quantitative estimate of drug-likeness (QED) is 0.735. The highest BCUT2D eigenvalue weighted by Gasteiger charge is 2.39. The van der Waals surface area contributed by atoms with E-state index in [1.54, 1.807) is 0 Å². The molecule has 4 heteroatoms. The van der Waals surface area contributed by atoms with Crippen LogP contribution in [0.3, 0.4) is 0 Å². The molecule has 1 aromatic heterocycles. The largest absolute Gasteiger partial charge is 0.396 e. The predicted octanol–water partition coefficient (Wildman–Crippen LogP) is 0.460. The van der Waals surface area contributed by atoms with Gasteiger partial charge < -0.3 is 19.7 Å². The van der Waals surface area contributed by atoms with E-state index in [2.05, 4.69) is 9.88 Å². The molecular weight excluding hydrogens is 180 g/mol. The molecule has 1 fully saturated rings. The lowest BCUT2D eigenvalue weighted by Crippen LogP contribution is -2.52. The lowest BCUT2D eigenvalue weighted by molar-refractivity contribution is -0.130. The molecule has 2 heterocycles. The summed E-state index contributed by atoms with van der Waals surface area (Å²) in [6.07, 6.45) is 1.90. The van der Waals surface area contributed by atoms with Gasteiger partial charge in [0.15, 0.2) is 0 Å². The Bertz CT molecular complexity index is 275. The first-order chi connectivity index (χ1) is 6.76. The zero-order valence-electron chi connectivity index (χ0n) is 8.36. The number of H-pyrrole nitrogens is 1. The van der Waals surface area contributed by atoms with Crippen LogP contribution in [0.5, 0.6) is 0 Å². The fraction of sp³-hybridized carbons (Fsp3) is 0.600. The van der Waals surface area contributed by atoms with Crippen molar-refractivity contribution < 1.29 is 9.84 Å². The molecule has 4 nitrogen and oxygen atoms in total. The molecule has 0 aromatic carbocycles. The van der Waals surface area contributed by atoms with Crippen LogP contribution in [0.25, 0.3) is 0 Å². The van der Waals surface area contributed by atoms with Gasteiger partial charge in [-0.1, -0.05) is 0 Å². The van der Waals surface area contributed by atoms with Crippen molar-refractivity contribution in [1.29, 1.82) is 0 Å². The Morgan fingerprint density at radius 2 is 2.43 bits per heavy atom. The van der Waals surface area contributed by atoms with E-state index in [0.717, 1.165) is 12.4 Å². The summed E-state index contributed by atoms with van der Waals surface area (Å²) in [6.45, 7) is 2.34. The van der Waals surface area contributed by atoms with E-state index in [0.29, 0.717) is 13.2 Å². The molecule has 2 rings (SSSR count). The molecule has 1 aromatic rings. The van der Waals surface area contributed by atoms with Gasteiger partial charge in [-0.3, -0.25) is 0 Å². The smallest absolute Gasteiger partial charge is 0.105 e. The minimum absolute atomic E-state index is 0.0557. The first kappa shape index (κ1) is 9.55. The molecule has 0 saturated carbocycles. The zero-order valence-corrected chi connectivity index (χ0v) is 8.36. The molecule has 14 heavy (non-hydrogen) atoms. The van der Waals surface area contributed by atoms with Crippen LogP contribution < -0.4 is 4.90 Å². The first-order valence-electron chi connectivity index (χ1n) is 4.79. The van der Waals surface area contributed by atoms with Gasteiger partial charge in [0.2, 0.25) is 0 Å². The molecular formula is C10H16N2O2. The maximum atomic E-state index is 9.27. The molecule has 0 aliphatic carbocycles. The van der Waals surface area contributed by atoms with Gasteiger partial charge in [0.05, 0.1) is 25.2 Å². The van der Waals surface area contributed by atoms with Crippen molar-refractivity contribution in [3.8, 4) is 0 Å². The molecule has 0 bridgehead atoms. The van der Waals surface area contributed by atoms with Crippen molar-refractivity contribution in [1.82, 2.24) is 4.98 Å². The first-order valence-corrected chi connectivity index (χ1v) is 4.79. The van der Waals surface area contributed by atoms with Crippen LogP contribution in [0.15, 0.2) is 18.3 Å². The molecule has 0 radical (unpaired) electrons. The van der Waals surface area contributed by atoms with Gasteiger partial charge in [-0.25, -0.2) is 0 Å². The number of aliphatic hydroxyl groups excluding tert-OH is 1. The van der Waals surface area contributed by atoms with Gasteiger partial charge >= 0.3 is 0 Å². The van der Waals surface area contributed by atoms with Crippen LogP contribution in [-0.4, -0.2) is 43.5 Å². The maximum Gasteiger partial charge on any atom is 0.105 e. The summed E-state index contributed by atoms with van der Waals surface area (Å²) in [5.41, 5.74) is -0.0557. The van der Waals surface area contributed by atoms with Crippen molar-refractivity contribution in [3.63, 3.8) is 0 Å². The second-order valence-electron chi connectivity index (χ2n) is 4.06. The highest BCUT2D eigenvalue weighted by Crippen LogP contribution is 2.28. The van der Waals surface area contributed by atoms with Crippen molar-refractivity contribution in [3.05, 3.63) is 18.3 Å². The standard InChI is InChI=1S/C10H16N2O2/c1-12(9-3-2-4-11-9)5-10(6-13)7-14-8-10/h2-4,11,13H,5-8H2,1H3. The molecule has 78 valence electrons. The summed E-state index contributed by atoms with van der Waals surface area (Å²) in [6, 6.07) is 3.99. The van der Waals surface area contributed by atoms with Crippen LogP contribution in [0.4, 0.5) is 5.82 Å². The Hall–Kier alpha value is -1.00. The molecule has 1 aliphatic rings. The zero-order chi connectivity index (χ0) is 10.0. The van der Waals surface area contributed by atoms with Crippen molar-refractivity contribution in [2.24, 2.45) is 5.41 Å². The third kappa shape index (κ3) is 1.63. The van der Waals surface area contributed by atoms with Crippen LogP contribution in [0.1, 0.15) is 0 Å². The Balaban J connectivity index is 1.97. The summed E-state index contributed by atoms with van der Waals surface area (Å²) in [7, 11) is 2.02. The Labute approximate surface area is 83.5 Å². The number of nitrogens with one attached hydrogen (secondary N) is 1. The summed E-state index contributed by atoms with van der Waals surface area (Å²) in [4.78, 5) is 5.25. The number of rotatable bonds is 4. The number of nitrogens with zero attached hydrogens (tertiary/aromatic N) is 1. The van der Waals surface area contributed by atoms with Crippen LogP contribution in [-0.2, 0) is 4.74 Å². The van der Waals surface area contributed by atoms with Crippen molar-refractivity contribution in [2.45, 2.75) is 0 Å². The number of hydrogen-bond acceptors (Lipinski definition) is 3. The van der Waals surface area contributed by atoms with E-state index < -0.39 is 0 Å². The number of hydrogen-bond donors (Lipinski definition) is 2.